The molecule has 280 valence electrons. The van der Waals surface area contributed by atoms with E-state index in [9.17, 15) is 19.0 Å². The van der Waals surface area contributed by atoms with Crippen LogP contribution in [0.3, 0.4) is 0 Å². The second-order valence-corrected chi connectivity index (χ2v) is 14.0. The Bertz CT molecular complexity index is 885. The van der Waals surface area contributed by atoms with Gasteiger partial charge in [0.2, 0.25) is 0 Å². The summed E-state index contributed by atoms with van der Waals surface area (Å²) in [4.78, 5) is 34.6. The monoisotopic (exact) mass is 698 g/mol. The Morgan fingerprint density at radius 2 is 1.06 bits per heavy atom. The molecule has 48 heavy (non-hydrogen) atoms. The van der Waals surface area contributed by atoms with Crippen molar-refractivity contribution in [3.05, 3.63) is 36.5 Å². The Kier molecular flexibility index (Phi) is 33.8. The van der Waals surface area contributed by atoms with Crippen molar-refractivity contribution >= 4 is 19.8 Å². The highest BCUT2D eigenvalue weighted by Gasteiger charge is 2.25. The van der Waals surface area contributed by atoms with Crippen molar-refractivity contribution in [3.8, 4) is 0 Å². The second kappa shape index (κ2) is 35.1. The lowest BCUT2D eigenvalue weighted by molar-refractivity contribution is -0.161. The van der Waals surface area contributed by atoms with Crippen LogP contribution >= 0.6 is 7.82 Å². The number of ether oxygens (including phenoxy) is 2. The molecule has 0 radical (unpaired) electrons. The molecule has 0 rings (SSSR count). The lowest BCUT2D eigenvalue weighted by atomic mass is 10.1. The highest BCUT2D eigenvalue weighted by Crippen LogP contribution is 2.43. The van der Waals surface area contributed by atoms with E-state index in [1.54, 1.807) is 6.92 Å². The van der Waals surface area contributed by atoms with Gasteiger partial charge in [-0.1, -0.05) is 147 Å². The zero-order valence-corrected chi connectivity index (χ0v) is 31.8. The second-order valence-electron chi connectivity index (χ2n) is 12.6. The quantitative estimate of drug-likeness (QED) is 0.0301. The van der Waals surface area contributed by atoms with Crippen LogP contribution in [0.25, 0.3) is 0 Å². The van der Waals surface area contributed by atoms with Crippen LogP contribution in [0.4, 0.5) is 0 Å². The van der Waals surface area contributed by atoms with Crippen LogP contribution in [-0.4, -0.2) is 42.8 Å². The SMILES string of the molecule is CC/C=C\C/C=C\C/C=C\CCCCCCCCCC(=O)OC(COC(=O)CCCCCCCCCCCCC)COP(=O)(O)OCC. The molecule has 0 saturated heterocycles. The van der Waals surface area contributed by atoms with Crippen molar-refractivity contribution in [2.45, 2.75) is 181 Å². The van der Waals surface area contributed by atoms with Crippen LogP contribution in [0.5, 0.6) is 0 Å². The summed E-state index contributed by atoms with van der Waals surface area (Å²) < 4.78 is 32.5. The van der Waals surface area contributed by atoms with Crippen molar-refractivity contribution < 1.29 is 37.6 Å². The maximum atomic E-state index is 12.5. The average molecular weight is 699 g/mol. The predicted molar refractivity (Wildman–Crippen MR) is 198 cm³/mol. The standard InChI is InChI=1S/C39H71O8P/c1-4-7-9-11-13-15-17-18-19-20-21-22-24-26-28-30-32-34-39(41)47-37(36-46-48(42,43)45-6-3)35-44-38(40)33-31-29-27-25-23-16-14-12-10-8-5-2/h7,9,13,15,18-19,37H,4-6,8,10-12,14,16-17,20-36H2,1-3H3,(H,42,43)/b9-7-,15-13-,19-18-. The number of unbranched alkanes of at least 4 members (excludes halogenated alkanes) is 17. The summed E-state index contributed by atoms with van der Waals surface area (Å²) in [5.74, 6) is -0.809. The summed E-state index contributed by atoms with van der Waals surface area (Å²) in [7, 11) is -4.27. The number of carbonyl (C=O) groups excluding carboxylic acids is 2. The molecule has 0 aliphatic heterocycles. The fourth-order valence-corrected chi connectivity index (χ4v) is 5.93. The lowest BCUT2D eigenvalue weighted by Crippen LogP contribution is -2.29. The summed E-state index contributed by atoms with van der Waals surface area (Å²) in [5, 5.41) is 0. The number of allylic oxidation sites excluding steroid dienone is 6. The van der Waals surface area contributed by atoms with Crippen molar-refractivity contribution in [1.29, 1.82) is 0 Å². The molecule has 0 spiro atoms. The van der Waals surface area contributed by atoms with Crippen molar-refractivity contribution in [3.63, 3.8) is 0 Å². The molecule has 0 heterocycles. The summed E-state index contributed by atoms with van der Waals surface area (Å²) in [6, 6.07) is 0. The predicted octanol–water partition coefficient (Wildman–Crippen LogP) is 11.7. The molecule has 0 fully saturated rings. The molecule has 1 N–H and O–H groups in total. The smallest absolute Gasteiger partial charge is 0.462 e. The van der Waals surface area contributed by atoms with Crippen molar-refractivity contribution in [1.82, 2.24) is 0 Å². The molecule has 0 bridgehead atoms. The minimum absolute atomic E-state index is 0.00132. The van der Waals surface area contributed by atoms with E-state index in [1.165, 1.54) is 70.6 Å². The van der Waals surface area contributed by atoms with E-state index < -0.39 is 26.5 Å². The molecular formula is C39H71O8P. The first-order chi connectivity index (χ1) is 23.3. The molecule has 0 aliphatic rings. The summed E-state index contributed by atoms with van der Waals surface area (Å²) >= 11 is 0. The van der Waals surface area contributed by atoms with Gasteiger partial charge in [0, 0.05) is 12.8 Å². The van der Waals surface area contributed by atoms with Crippen LogP contribution < -0.4 is 0 Å². The molecule has 0 aromatic carbocycles. The molecule has 2 atom stereocenters. The Morgan fingerprint density at radius 1 is 0.583 bits per heavy atom. The first kappa shape index (κ1) is 46.3. The van der Waals surface area contributed by atoms with E-state index in [4.69, 9.17) is 18.5 Å². The van der Waals surface area contributed by atoms with Gasteiger partial charge in [-0.05, 0) is 51.9 Å². The topological polar surface area (TPSA) is 108 Å². The van der Waals surface area contributed by atoms with E-state index in [1.807, 2.05) is 0 Å². The Morgan fingerprint density at radius 3 is 1.60 bits per heavy atom. The lowest BCUT2D eigenvalue weighted by Gasteiger charge is -2.19. The molecule has 0 aliphatic carbocycles. The zero-order chi connectivity index (χ0) is 35.4. The van der Waals surface area contributed by atoms with Gasteiger partial charge in [-0.15, -0.1) is 0 Å². The number of hydrogen-bond donors (Lipinski definition) is 1. The van der Waals surface area contributed by atoms with Gasteiger partial charge in [0.25, 0.3) is 0 Å². The van der Waals surface area contributed by atoms with Crippen molar-refractivity contribution in [2.24, 2.45) is 0 Å². The zero-order valence-electron chi connectivity index (χ0n) is 30.9. The number of phosphoric ester groups is 1. The summed E-state index contributed by atoms with van der Waals surface area (Å²) in [6.45, 7) is 5.33. The third-order valence-corrected chi connectivity index (χ3v) is 9.02. The third kappa shape index (κ3) is 34.1. The first-order valence-electron chi connectivity index (χ1n) is 19.3. The largest absolute Gasteiger partial charge is 0.472 e. The fourth-order valence-electron chi connectivity index (χ4n) is 5.17. The molecule has 2 unspecified atom stereocenters. The van der Waals surface area contributed by atoms with E-state index in [0.717, 1.165) is 64.2 Å². The molecule has 0 aromatic rings. The number of hydrogen-bond acceptors (Lipinski definition) is 7. The third-order valence-electron chi connectivity index (χ3n) is 7.96. The van der Waals surface area contributed by atoms with Crippen LogP contribution in [0.1, 0.15) is 175 Å². The number of esters is 2. The molecular weight excluding hydrogens is 627 g/mol. The van der Waals surface area contributed by atoms with E-state index in [0.29, 0.717) is 12.8 Å². The maximum absolute atomic E-state index is 12.5. The highest BCUT2D eigenvalue weighted by molar-refractivity contribution is 7.47. The normalized spacial score (nSPS) is 13.8. The van der Waals surface area contributed by atoms with E-state index in [-0.39, 0.29) is 25.6 Å². The van der Waals surface area contributed by atoms with E-state index in [2.05, 4.69) is 50.3 Å². The Balaban J connectivity index is 4.14. The first-order valence-corrected chi connectivity index (χ1v) is 20.8. The number of rotatable bonds is 35. The molecule has 0 aromatic heterocycles. The molecule has 9 heteroatoms. The van der Waals surface area contributed by atoms with Crippen LogP contribution in [-0.2, 0) is 32.7 Å². The van der Waals surface area contributed by atoms with Gasteiger partial charge in [0.15, 0.2) is 6.10 Å². The molecule has 0 amide bonds. The van der Waals surface area contributed by atoms with Gasteiger partial charge in [-0.2, -0.15) is 0 Å². The maximum Gasteiger partial charge on any atom is 0.472 e. The minimum atomic E-state index is -4.27. The van der Waals surface area contributed by atoms with Gasteiger partial charge < -0.3 is 14.4 Å². The van der Waals surface area contributed by atoms with Gasteiger partial charge >= 0.3 is 19.8 Å². The van der Waals surface area contributed by atoms with Crippen LogP contribution in [0.2, 0.25) is 0 Å². The molecule has 8 nitrogen and oxygen atoms in total. The summed E-state index contributed by atoms with van der Waals surface area (Å²) in [5.41, 5.74) is 0. The average Bonchev–Trinajstić information content (AvgIpc) is 3.06. The fraction of sp³-hybridized carbons (Fsp3) is 0.795. The minimum Gasteiger partial charge on any atom is -0.462 e. The van der Waals surface area contributed by atoms with Gasteiger partial charge in [0.1, 0.15) is 6.61 Å². The van der Waals surface area contributed by atoms with Gasteiger partial charge in [-0.25, -0.2) is 4.57 Å². The highest BCUT2D eigenvalue weighted by atomic mass is 31.2. The van der Waals surface area contributed by atoms with Crippen LogP contribution in [0, 0.1) is 0 Å². The van der Waals surface area contributed by atoms with E-state index >= 15 is 0 Å². The summed E-state index contributed by atoms with van der Waals surface area (Å²) in [6.07, 6.45) is 37.6. The van der Waals surface area contributed by atoms with Crippen LogP contribution in [0.15, 0.2) is 36.5 Å². The van der Waals surface area contributed by atoms with Gasteiger partial charge in [-0.3, -0.25) is 18.6 Å². The Labute approximate surface area is 294 Å². The number of carbonyl (C=O) groups is 2. The Hall–Kier alpha value is -1.73. The van der Waals surface area contributed by atoms with Crippen molar-refractivity contribution in [2.75, 3.05) is 19.8 Å². The number of phosphoric acid groups is 1. The molecule has 0 saturated carbocycles. The van der Waals surface area contributed by atoms with Gasteiger partial charge in [0.05, 0.1) is 13.2 Å².